The van der Waals surface area contributed by atoms with E-state index in [0.717, 1.165) is 37.8 Å². The van der Waals surface area contributed by atoms with Crippen LogP contribution in [0.5, 0.6) is 0 Å². The Morgan fingerprint density at radius 3 is 2.70 bits per heavy atom. The first-order chi connectivity index (χ1) is 9.13. The van der Waals surface area contributed by atoms with Crippen LogP contribution < -0.4 is 5.73 Å². The van der Waals surface area contributed by atoms with Gasteiger partial charge < -0.3 is 10.6 Å². The topological polar surface area (TPSA) is 46.3 Å². The third kappa shape index (κ3) is 3.67. The van der Waals surface area contributed by atoms with Crippen molar-refractivity contribution in [3.05, 3.63) is 35.4 Å². The van der Waals surface area contributed by atoms with Gasteiger partial charge in [-0.3, -0.25) is 4.79 Å². The molecule has 1 fully saturated rings. The predicted molar refractivity (Wildman–Crippen MR) is 76.0 cm³/mol. The van der Waals surface area contributed by atoms with Gasteiger partial charge in [0, 0.05) is 18.2 Å². The van der Waals surface area contributed by atoms with Crippen molar-refractivity contribution >= 4 is 18.3 Å². The minimum atomic E-state index is -0.988. The van der Waals surface area contributed by atoms with Gasteiger partial charge in [0.05, 0.1) is 0 Å². The van der Waals surface area contributed by atoms with Gasteiger partial charge in [-0.2, -0.15) is 0 Å². The van der Waals surface area contributed by atoms with Gasteiger partial charge in [-0.15, -0.1) is 12.4 Å². The molecule has 112 valence electrons. The Bertz CT molecular complexity index is 468. The molecule has 1 heterocycles. The summed E-state index contributed by atoms with van der Waals surface area (Å²) in [7, 11) is 0. The molecule has 1 aromatic rings. The molecular formula is C14H19ClF2N2O. The molecule has 2 rings (SSSR count). The third-order valence-corrected chi connectivity index (χ3v) is 3.55. The number of amides is 1. The normalized spacial score (nSPS) is 18.6. The average Bonchev–Trinajstić information content (AvgIpc) is 2.42. The number of likely N-dealkylation sites (tertiary alicyclic amines) is 1. The van der Waals surface area contributed by atoms with Gasteiger partial charge in [-0.25, -0.2) is 8.78 Å². The maximum absolute atomic E-state index is 13.2. The van der Waals surface area contributed by atoms with Crippen molar-refractivity contribution in [3.8, 4) is 0 Å². The number of rotatable bonds is 3. The number of carbonyl (C=O) groups excluding carboxylic acids is 1. The second kappa shape index (κ2) is 7.55. The van der Waals surface area contributed by atoms with Crippen LogP contribution in [0.25, 0.3) is 0 Å². The van der Waals surface area contributed by atoms with E-state index in [1.807, 2.05) is 0 Å². The van der Waals surface area contributed by atoms with Gasteiger partial charge in [0.1, 0.15) is 0 Å². The van der Waals surface area contributed by atoms with E-state index in [1.165, 1.54) is 6.07 Å². The van der Waals surface area contributed by atoms with Crippen molar-refractivity contribution in [2.75, 3.05) is 13.1 Å². The number of piperidine rings is 1. The number of hydrogen-bond donors (Lipinski definition) is 1. The minimum Gasteiger partial charge on any atom is -0.336 e. The molecule has 1 atom stereocenters. The lowest BCUT2D eigenvalue weighted by Gasteiger charge is -2.35. The van der Waals surface area contributed by atoms with E-state index < -0.39 is 11.6 Å². The molecule has 0 spiro atoms. The van der Waals surface area contributed by atoms with E-state index >= 15 is 0 Å². The van der Waals surface area contributed by atoms with E-state index in [4.69, 9.17) is 5.73 Å². The molecule has 20 heavy (non-hydrogen) atoms. The van der Waals surface area contributed by atoms with Crippen LogP contribution >= 0.6 is 12.4 Å². The maximum atomic E-state index is 13.2. The third-order valence-electron chi connectivity index (χ3n) is 3.55. The molecule has 3 nitrogen and oxygen atoms in total. The monoisotopic (exact) mass is 304 g/mol. The van der Waals surface area contributed by atoms with Crippen LogP contribution in [0.3, 0.4) is 0 Å². The van der Waals surface area contributed by atoms with E-state index in [1.54, 1.807) is 4.90 Å². The molecule has 1 aromatic carbocycles. The van der Waals surface area contributed by atoms with E-state index in [-0.39, 0.29) is 29.9 Å². The summed E-state index contributed by atoms with van der Waals surface area (Å²) >= 11 is 0. The minimum absolute atomic E-state index is 0. The van der Waals surface area contributed by atoms with Crippen LogP contribution in [-0.4, -0.2) is 29.9 Å². The maximum Gasteiger partial charge on any atom is 0.254 e. The van der Waals surface area contributed by atoms with Crippen molar-refractivity contribution in [1.82, 2.24) is 4.90 Å². The lowest BCUT2D eigenvalue weighted by Crippen LogP contribution is -2.44. The fraction of sp³-hybridized carbons (Fsp3) is 0.500. The van der Waals surface area contributed by atoms with Gasteiger partial charge in [0.25, 0.3) is 5.91 Å². The second-order valence-corrected chi connectivity index (χ2v) is 4.85. The standard InChI is InChI=1S/C14H18F2N2O.ClH/c15-12-5-4-10(9-13(12)16)14(19)18-8-2-1-3-11(18)6-7-17;/h4-5,9,11H,1-3,6-8,17H2;1H. The molecule has 0 aromatic heterocycles. The van der Waals surface area contributed by atoms with Crippen LogP contribution in [0.15, 0.2) is 18.2 Å². The summed E-state index contributed by atoms with van der Waals surface area (Å²) in [5, 5.41) is 0. The number of carbonyl (C=O) groups is 1. The predicted octanol–water partition coefficient (Wildman–Crippen LogP) is 2.73. The summed E-state index contributed by atoms with van der Waals surface area (Å²) in [6, 6.07) is 3.39. The quantitative estimate of drug-likeness (QED) is 0.933. The lowest BCUT2D eigenvalue weighted by molar-refractivity contribution is 0.0604. The molecule has 0 saturated carbocycles. The summed E-state index contributed by atoms with van der Waals surface area (Å²) in [6.45, 7) is 1.18. The Morgan fingerprint density at radius 1 is 1.30 bits per heavy atom. The van der Waals surface area contributed by atoms with Crippen LogP contribution in [0.4, 0.5) is 8.78 Å². The van der Waals surface area contributed by atoms with Crippen molar-refractivity contribution in [2.24, 2.45) is 5.73 Å². The Balaban J connectivity index is 0.00000200. The zero-order valence-electron chi connectivity index (χ0n) is 11.1. The van der Waals surface area contributed by atoms with Crippen LogP contribution in [0.1, 0.15) is 36.0 Å². The Kier molecular flexibility index (Phi) is 6.36. The first-order valence-electron chi connectivity index (χ1n) is 6.59. The zero-order valence-corrected chi connectivity index (χ0v) is 12.0. The Labute approximate surface area is 123 Å². The van der Waals surface area contributed by atoms with Gasteiger partial charge >= 0.3 is 0 Å². The molecule has 1 saturated heterocycles. The fourth-order valence-corrected chi connectivity index (χ4v) is 2.56. The van der Waals surface area contributed by atoms with Crippen molar-refractivity contribution in [2.45, 2.75) is 31.7 Å². The highest BCUT2D eigenvalue weighted by Crippen LogP contribution is 2.22. The summed E-state index contributed by atoms with van der Waals surface area (Å²) in [6.07, 6.45) is 3.69. The van der Waals surface area contributed by atoms with Gasteiger partial charge in [0.15, 0.2) is 11.6 Å². The highest BCUT2D eigenvalue weighted by atomic mass is 35.5. The first kappa shape index (κ1) is 16.9. The number of benzene rings is 1. The molecular weight excluding hydrogens is 286 g/mol. The molecule has 1 unspecified atom stereocenters. The van der Waals surface area contributed by atoms with Gasteiger partial charge in [-0.05, 0) is 50.4 Å². The molecule has 1 aliphatic rings. The number of nitrogens with two attached hydrogens (primary N) is 1. The summed E-state index contributed by atoms with van der Waals surface area (Å²) in [5.41, 5.74) is 5.75. The largest absolute Gasteiger partial charge is 0.336 e. The molecule has 0 aliphatic carbocycles. The molecule has 1 aliphatic heterocycles. The summed E-state index contributed by atoms with van der Waals surface area (Å²) in [5.74, 6) is -2.16. The molecule has 1 amide bonds. The fourth-order valence-electron chi connectivity index (χ4n) is 2.56. The van der Waals surface area contributed by atoms with Crippen LogP contribution in [0, 0.1) is 11.6 Å². The van der Waals surface area contributed by atoms with E-state index in [0.29, 0.717) is 13.1 Å². The van der Waals surface area contributed by atoms with Crippen LogP contribution in [-0.2, 0) is 0 Å². The smallest absolute Gasteiger partial charge is 0.254 e. The van der Waals surface area contributed by atoms with E-state index in [9.17, 15) is 13.6 Å². The number of hydrogen-bond acceptors (Lipinski definition) is 2. The number of halogens is 3. The lowest BCUT2D eigenvalue weighted by atomic mass is 9.98. The number of nitrogens with zero attached hydrogens (tertiary/aromatic N) is 1. The van der Waals surface area contributed by atoms with Crippen molar-refractivity contribution in [3.63, 3.8) is 0 Å². The van der Waals surface area contributed by atoms with Gasteiger partial charge in [-0.1, -0.05) is 0 Å². The molecule has 2 N–H and O–H groups in total. The molecule has 6 heteroatoms. The SMILES string of the molecule is Cl.NCCC1CCCCN1C(=O)c1ccc(F)c(F)c1. The van der Waals surface area contributed by atoms with Crippen molar-refractivity contribution in [1.29, 1.82) is 0 Å². The Morgan fingerprint density at radius 2 is 2.05 bits per heavy atom. The first-order valence-corrected chi connectivity index (χ1v) is 6.59. The summed E-state index contributed by atoms with van der Waals surface area (Å²) < 4.78 is 26.1. The highest BCUT2D eigenvalue weighted by molar-refractivity contribution is 5.94. The second-order valence-electron chi connectivity index (χ2n) is 4.85. The van der Waals surface area contributed by atoms with Crippen molar-refractivity contribution < 1.29 is 13.6 Å². The average molecular weight is 305 g/mol. The highest BCUT2D eigenvalue weighted by Gasteiger charge is 2.27. The van der Waals surface area contributed by atoms with Gasteiger partial charge in [0.2, 0.25) is 0 Å². The molecule has 0 radical (unpaired) electrons. The van der Waals surface area contributed by atoms with Crippen LogP contribution in [0.2, 0.25) is 0 Å². The molecule has 0 bridgehead atoms. The zero-order chi connectivity index (χ0) is 13.8. The van der Waals surface area contributed by atoms with E-state index in [2.05, 4.69) is 0 Å². The summed E-state index contributed by atoms with van der Waals surface area (Å²) in [4.78, 5) is 14.1. The Hall–Kier alpha value is -1.20.